The molecule has 25 heavy (non-hydrogen) atoms. The van der Waals surface area contributed by atoms with Crippen LogP contribution in [0.1, 0.15) is 38.1 Å². The van der Waals surface area contributed by atoms with Gasteiger partial charge >= 0.3 is 0 Å². The molecule has 7 heteroatoms. The quantitative estimate of drug-likeness (QED) is 0.506. The molecule has 1 aromatic heterocycles. The Kier molecular flexibility index (Phi) is 4.51. The van der Waals surface area contributed by atoms with Crippen LogP contribution in [0, 0.1) is 10.1 Å². The smallest absolute Gasteiger partial charge is 0.269 e. The van der Waals surface area contributed by atoms with Gasteiger partial charge in [0.05, 0.1) is 11.0 Å². The maximum Gasteiger partial charge on any atom is 0.269 e. The van der Waals surface area contributed by atoms with E-state index < -0.39 is 0 Å². The molecule has 1 aliphatic heterocycles. The van der Waals surface area contributed by atoms with Gasteiger partial charge in [-0.05, 0) is 62.8 Å². The number of non-ortho nitro benzene ring substituents is 1. The van der Waals surface area contributed by atoms with E-state index >= 15 is 0 Å². The average Bonchev–Trinajstić information content (AvgIpc) is 3.00. The Balaban J connectivity index is 1.98. The predicted molar refractivity (Wildman–Crippen MR) is 102 cm³/mol. The first-order valence-electron chi connectivity index (χ1n) is 8.24. The van der Waals surface area contributed by atoms with Crippen molar-refractivity contribution in [1.29, 1.82) is 0 Å². The number of thiocarbonyl (C=S) groups is 1. The van der Waals surface area contributed by atoms with Gasteiger partial charge in [-0.3, -0.25) is 10.1 Å². The summed E-state index contributed by atoms with van der Waals surface area (Å²) in [7, 11) is 0. The van der Waals surface area contributed by atoms with Crippen molar-refractivity contribution in [1.82, 2.24) is 14.8 Å². The van der Waals surface area contributed by atoms with E-state index in [2.05, 4.69) is 47.8 Å². The normalized spacial score (nSPS) is 17.1. The number of aromatic nitrogens is 1. The highest BCUT2D eigenvalue weighted by Crippen LogP contribution is 2.33. The van der Waals surface area contributed by atoms with Gasteiger partial charge < -0.3 is 14.8 Å². The molecule has 0 aliphatic carbocycles. The lowest BCUT2D eigenvalue weighted by Crippen LogP contribution is -2.52. The van der Waals surface area contributed by atoms with Crippen molar-refractivity contribution in [3.8, 4) is 0 Å². The highest BCUT2D eigenvalue weighted by atomic mass is 32.1. The van der Waals surface area contributed by atoms with E-state index in [4.69, 9.17) is 12.2 Å². The van der Waals surface area contributed by atoms with Gasteiger partial charge in [0, 0.05) is 42.7 Å². The molecule has 0 saturated carbocycles. The SMILES string of the molecule is CC(C)(C)NC(=S)N1CCn2cccc2C1c1ccc([N+](=O)[O-])cc1. The minimum absolute atomic E-state index is 0.0631. The van der Waals surface area contributed by atoms with Crippen LogP contribution in [0.5, 0.6) is 0 Å². The monoisotopic (exact) mass is 358 g/mol. The lowest BCUT2D eigenvalue weighted by Gasteiger charge is -2.40. The molecule has 0 radical (unpaired) electrons. The van der Waals surface area contributed by atoms with Crippen molar-refractivity contribution in [3.05, 3.63) is 64.0 Å². The molecule has 2 aromatic rings. The van der Waals surface area contributed by atoms with Crippen LogP contribution in [0.2, 0.25) is 0 Å². The fourth-order valence-corrected chi connectivity index (χ4v) is 3.63. The summed E-state index contributed by atoms with van der Waals surface area (Å²) >= 11 is 5.67. The van der Waals surface area contributed by atoms with Crippen molar-refractivity contribution in [3.63, 3.8) is 0 Å². The molecule has 1 aliphatic rings. The van der Waals surface area contributed by atoms with Crippen molar-refractivity contribution >= 4 is 23.0 Å². The molecule has 1 N–H and O–H groups in total. The summed E-state index contributed by atoms with van der Waals surface area (Å²) < 4.78 is 2.21. The number of hydrogen-bond acceptors (Lipinski definition) is 3. The zero-order valence-electron chi connectivity index (χ0n) is 14.6. The van der Waals surface area contributed by atoms with Crippen molar-refractivity contribution in [2.24, 2.45) is 0 Å². The number of hydrogen-bond donors (Lipinski definition) is 1. The van der Waals surface area contributed by atoms with Crippen LogP contribution >= 0.6 is 12.2 Å². The third kappa shape index (κ3) is 3.66. The van der Waals surface area contributed by atoms with Gasteiger partial charge in [0.15, 0.2) is 5.11 Å². The minimum atomic E-state index is -0.378. The molecule has 0 amide bonds. The third-order valence-electron chi connectivity index (χ3n) is 4.20. The molecule has 6 nitrogen and oxygen atoms in total. The highest BCUT2D eigenvalue weighted by Gasteiger charge is 2.31. The standard InChI is InChI=1S/C18H22N4O2S/c1-18(2,3)19-17(25)21-12-11-20-10-4-5-15(20)16(21)13-6-8-14(9-7-13)22(23)24/h4-10,16H,11-12H2,1-3H3,(H,19,25). The summed E-state index contributed by atoms with van der Waals surface area (Å²) in [5.41, 5.74) is 2.09. The van der Waals surface area contributed by atoms with Crippen molar-refractivity contribution < 1.29 is 4.92 Å². The summed E-state index contributed by atoms with van der Waals surface area (Å²) in [5.74, 6) is 0. The van der Waals surface area contributed by atoms with Gasteiger partial charge in [0.25, 0.3) is 5.69 Å². The number of nitrogens with zero attached hydrogens (tertiary/aromatic N) is 3. The number of nitro groups is 1. The van der Waals surface area contributed by atoms with Gasteiger partial charge in [-0.15, -0.1) is 0 Å². The van der Waals surface area contributed by atoms with Gasteiger partial charge in [-0.1, -0.05) is 0 Å². The van der Waals surface area contributed by atoms with Crippen LogP contribution < -0.4 is 5.32 Å². The second-order valence-electron chi connectivity index (χ2n) is 7.25. The van der Waals surface area contributed by atoms with Crippen LogP contribution in [-0.2, 0) is 6.54 Å². The second-order valence-corrected chi connectivity index (χ2v) is 7.64. The molecule has 0 saturated heterocycles. The summed E-state index contributed by atoms with van der Waals surface area (Å²) in [6.45, 7) is 7.87. The van der Waals surface area contributed by atoms with E-state index in [1.165, 1.54) is 0 Å². The topological polar surface area (TPSA) is 63.3 Å². The van der Waals surface area contributed by atoms with Crippen LogP contribution in [0.3, 0.4) is 0 Å². The molecule has 0 fully saturated rings. The largest absolute Gasteiger partial charge is 0.358 e. The summed E-state index contributed by atoms with van der Waals surface area (Å²) in [6.07, 6.45) is 2.06. The molecule has 1 aromatic carbocycles. The Morgan fingerprint density at radius 1 is 1.24 bits per heavy atom. The molecule has 2 heterocycles. The molecule has 0 spiro atoms. The summed E-state index contributed by atoms with van der Waals surface area (Å²) in [6, 6.07) is 10.8. The molecule has 132 valence electrons. The van der Waals surface area contributed by atoms with Gasteiger partial charge in [0.2, 0.25) is 0 Å². The average molecular weight is 358 g/mol. The van der Waals surface area contributed by atoms with E-state index in [0.29, 0.717) is 5.11 Å². The Morgan fingerprint density at radius 2 is 1.92 bits per heavy atom. The number of fused-ring (bicyclic) bond motifs is 1. The Morgan fingerprint density at radius 3 is 2.52 bits per heavy atom. The number of nitrogens with one attached hydrogen (secondary N) is 1. The second kappa shape index (κ2) is 6.48. The molecule has 1 atom stereocenters. The van der Waals surface area contributed by atoms with E-state index in [1.54, 1.807) is 12.1 Å². The fraction of sp³-hybridized carbons (Fsp3) is 0.389. The highest BCUT2D eigenvalue weighted by molar-refractivity contribution is 7.80. The molecular weight excluding hydrogens is 336 g/mol. The van der Waals surface area contributed by atoms with E-state index in [9.17, 15) is 10.1 Å². The van der Waals surface area contributed by atoms with E-state index in [1.807, 2.05) is 18.2 Å². The molecule has 1 unspecified atom stereocenters. The number of rotatable bonds is 2. The summed E-state index contributed by atoms with van der Waals surface area (Å²) in [5, 5.41) is 15.0. The van der Waals surface area contributed by atoms with Crippen molar-refractivity contribution in [2.45, 2.75) is 38.9 Å². The van der Waals surface area contributed by atoms with Crippen LogP contribution in [-0.4, -0.2) is 31.6 Å². The first-order valence-corrected chi connectivity index (χ1v) is 8.65. The predicted octanol–water partition coefficient (Wildman–Crippen LogP) is 3.47. The molecular formula is C18H22N4O2S. The zero-order valence-corrected chi connectivity index (χ0v) is 15.4. The van der Waals surface area contributed by atoms with Gasteiger partial charge in [-0.2, -0.15) is 0 Å². The third-order valence-corrected chi connectivity index (χ3v) is 4.54. The number of benzene rings is 1. The maximum atomic E-state index is 10.9. The van der Waals surface area contributed by atoms with Gasteiger partial charge in [0.1, 0.15) is 0 Å². The fourth-order valence-electron chi connectivity index (χ4n) is 3.12. The van der Waals surface area contributed by atoms with Crippen LogP contribution in [0.15, 0.2) is 42.6 Å². The van der Waals surface area contributed by atoms with Gasteiger partial charge in [-0.25, -0.2) is 0 Å². The Labute approximate surface area is 152 Å². The lowest BCUT2D eigenvalue weighted by atomic mass is 10.00. The zero-order chi connectivity index (χ0) is 18.2. The van der Waals surface area contributed by atoms with E-state index in [-0.39, 0.29) is 22.2 Å². The van der Waals surface area contributed by atoms with E-state index in [0.717, 1.165) is 24.3 Å². The van der Waals surface area contributed by atoms with Crippen LogP contribution in [0.25, 0.3) is 0 Å². The van der Waals surface area contributed by atoms with Crippen molar-refractivity contribution in [2.75, 3.05) is 6.54 Å². The minimum Gasteiger partial charge on any atom is -0.358 e. The molecule has 3 rings (SSSR count). The summed E-state index contributed by atoms with van der Waals surface area (Å²) in [4.78, 5) is 12.7. The number of nitro benzene ring substituents is 1. The van der Waals surface area contributed by atoms with Crippen LogP contribution in [0.4, 0.5) is 5.69 Å². The Hall–Kier alpha value is -2.41. The maximum absolute atomic E-state index is 10.9. The Bertz CT molecular complexity index is 792. The first-order chi connectivity index (χ1) is 11.8. The first kappa shape index (κ1) is 17.4. The molecule has 0 bridgehead atoms. The lowest BCUT2D eigenvalue weighted by molar-refractivity contribution is -0.384.